The standard InChI is InChI=1S/C16H29NO3/c1-11(2)15(12(3)18)17-14(19)10-20-13-6-8-16(4,5)9-7-13/h11,13,15H,6-10H2,1-5H3,(H,17,19). The van der Waals surface area contributed by atoms with Gasteiger partial charge in [0.2, 0.25) is 5.91 Å². The van der Waals surface area contributed by atoms with E-state index >= 15 is 0 Å². The average molecular weight is 283 g/mol. The van der Waals surface area contributed by atoms with Crippen LogP contribution in [0.3, 0.4) is 0 Å². The van der Waals surface area contributed by atoms with Gasteiger partial charge in [0.15, 0.2) is 5.78 Å². The number of carbonyl (C=O) groups excluding carboxylic acids is 2. The normalized spacial score (nSPS) is 20.7. The molecule has 4 heteroatoms. The Kier molecular flexibility index (Phi) is 6.18. The van der Waals surface area contributed by atoms with E-state index in [0.717, 1.165) is 25.7 Å². The average Bonchev–Trinajstić information content (AvgIpc) is 2.33. The van der Waals surface area contributed by atoms with Crippen molar-refractivity contribution >= 4 is 11.7 Å². The van der Waals surface area contributed by atoms with Crippen LogP contribution in [0, 0.1) is 11.3 Å². The summed E-state index contributed by atoms with van der Waals surface area (Å²) in [6.07, 6.45) is 4.49. The van der Waals surface area contributed by atoms with Gasteiger partial charge in [-0.3, -0.25) is 9.59 Å². The van der Waals surface area contributed by atoms with E-state index in [1.54, 1.807) is 0 Å². The van der Waals surface area contributed by atoms with Crippen LogP contribution in [-0.2, 0) is 14.3 Å². The number of rotatable bonds is 6. The quantitative estimate of drug-likeness (QED) is 0.815. The number of nitrogens with one attached hydrogen (secondary N) is 1. The van der Waals surface area contributed by atoms with Crippen molar-refractivity contribution in [1.82, 2.24) is 5.32 Å². The number of hydrogen-bond acceptors (Lipinski definition) is 3. The zero-order valence-corrected chi connectivity index (χ0v) is 13.5. The Labute approximate surface area is 122 Å². The molecule has 1 aliphatic carbocycles. The zero-order chi connectivity index (χ0) is 15.3. The summed E-state index contributed by atoms with van der Waals surface area (Å²) in [6.45, 7) is 9.97. The Morgan fingerprint density at radius 1 is 1.25 bits per heavy atom. The molecule has 0 radical (unpaired) electrons. The lowest BCUT2D eigenvalue weighted by atomic mass is 9.76. The van der Waals surface area contributed by atoms with Gasteiger partial charge in [-0.2, -0.15) is 0 Å². The highest BCUT2D eigenvalue weighted by molar-refractivity contribution is 5.88. The highest BCUT2D eigenvalue weighted by Gasteiger charge is 2.28. The predicted octanol–water partition coefficient (Wildman–Crippen LogP) is 2.70. The molecule has 20 heavy (non-hydrogen) atoms. The maximum absolute atomic E-state index is 11.8. The molecule has 1 atom stereocenters. The van der Waals surface area contributed by atoms with E-state index in [-0.39, 0.29) is 30.3 Å². The molecule has 1 fully saturated rings. The Morgan fingerprint density at radius 3 is 2.25 bits per heavy atom. The number of Topliss-reactive ketones (excluding diaryl/α,β-unsaturated/α-hetero) is 1. The van der Waals surface area contributed by atoms with Gasteiger partial charge in [0.25, 0.3) is 0 Å². The number of amides is 1. The molecule has 0 heterocycles. The van der Waals surface area contributed by atoms with E-state index in [9.17, 15) is 9.59 Å². The molecule has 1 unspecified atom stereocenters. The van der Waals surface area contributed by atoms with Gasteiger partial charge in [-0.05, 0) is 43.9 Å². The van der Waals surface area contributed by atoms with Gasteiger partial charge in [0, 0.05) is 0 Å². The molecule has 0 aliphatic heterocycles. The second kappa shape index (κ2) is 7.21. The number of ether oxygens (including phenoxy) is 1. The SMILES string of the molecule is CC(=O)C(NC(=O)COC1CCC(C)(C)CC1)C(C)C. The fourth-order valence-corrected chi connectivity index (χ4v) is 2.69. The molecule has 0 aromatic carbocycles. The fraction of sp³-hybridized carbons (Fsp3) is 0.875. The minimum atomic E-state index is -0.406. The van der Waals surface area contributed by atoms with Crippen LogP contribution in [0.2, 0.25) is 0 Å². The van der Waals surface area contributed by atoms with Crippen LogP contribution in [-0.4, -0.2) is 30.4 Å². The molecule has 1 aliphatic rings. The van der Waals surface area contributed by atoms with E-state index in [0.29, 0.717) is 5.41 Å². The summed E-state index contributed by atoms with van der Waals surface area (Å²) >= 11 is 0. The van der Waals surface area contributed by atoms with Crippen molar-refractivity contribution in [2.45, 2.75) is 72.4 Å². The molecule has 0 bridgehead atoms. The second-order valence-corrected chi connectivity index (χ2v) is 7.07. The van der Waals surface area contributed by atoms with E-state index in [4.69, 9.17) is 4.74 Å². The summed E-state index contributed by atoms with van der Waals surface area (Å²) < 4.78 is 5.68. The molecule has 1 amide bonds. The molecule has 1 saturated carbocycles. The highest BCUT2D eigenvalue weighted by Crippen LogP contribution is 2.36. The molecule has 0 spiro atoms. The first-order valence-corrected chi connectivity index (χ1v) is 7.63. The third-order valence-electron chi connectivity index (χ3n) is 4.16. The summed E-state index contributed by atoms with van der Waals surface area (Å²) in [7, 11) is 0. The fourth-order valence-electron chi connectivity index (χ4n) is 2.69. The number of ketones is 1. The van der Waals surface area contributed by atoms with Gasteiger partial charge in [-0.25, -0.2) is 0 Å². The Hall–Kier alpha value is -0.900. The monoisotopic (exact) mass is 283 g/mol. The van der Waals surface area contributed by atoms with Crippen molar-refractivity contribution in [1.29, 1.82) is 0 Å². The third kappa shape index (κ3) is 5.61. The van der Waals surface area contributed by atoms with Crippen LogP contribution < -0.4 is 5.32 Å². The first-order chi connectivity index (χ1) is 9.21. The Balaban J connectivity index is 2.31. The van der Waals surface area contributed by atoms with Crippen LogP contribution in [0.25, 0.3) is 0 Å². The zero-order valence-electron chi connectivity index (χ0n) is 13.5. The predicted molar refractivity (Wildman–Crippen MR) is 79.4 cm³/mol. The van der Waals surface area contributed by atoms with Crippen LogP contribution in [0.15, 0.2) is 0 Å². The van der Waals surface area contributed by atoms with Crippen molar-refractivity contribution in [3.8, 4) is 0 Å². The molecular weight excluding hydrogens is 254 g/mol. The summed E-state index contributed by atoms with van der Waals surface area (Å²) in [5, 5.41) is 2.76. The van der Waals surface area contributed by atoms with E-state index in [1.807, 2.05) is 13.8 Å². The molecular formula is C16H29NO3. The highest BCUT2D eigenvalue weighted by atomic mass is 16.5. The van der Waals surface area contributed by atoms with Crippen LogP contribution in [0.5, 0.6) is 0 Å². The Morgan fingerprint density at radius 2 is 1.80 bits per heavy atom. The van der Waals surface area contributed by atoms with Crippen molar-refractivity contribution < 1.29 is 14.3 Å². The molecule has 0 saturated heterocycles. The maximum Gasteiger partial charge on any atom is 0.246 e. The minimum absolute atomic E-state index is 0.00670. The molecule has 1 N–H and O–H groups in total. The molecule has 1 rings (SSSR count). The number of hydrogen-bond donors (Lipinski definition) is 1. The van der Waals surface area contributed by atoms with Gasteiger partial charge < -0.3 is 10.1 Å². The first kappa shape index (κ1) is 17.2. The molecule has 0 aromatic heterocycles. The van der Waals surface area contributed by atoms with Gasteiger partial charge in [0.1, 0.15) is 6.61 Å². The topological polar surface area (TPSA) is 55.4 Å². The first-order valence-electron chi connectivity index (χ1n) is 7.63. The smallest absolute Gasteiger partial charge is 0.246 e. The second-order valence-electron chi connectivity index (χ2n) is 7.07. The van der Waals surface area contributed by atoms with Crippen molar-refractivity contribution in [2.75, 3.05) is 6.61 Å². The van der Waals surface area contributed by atoms with E-state index in [2.05, 4.69) is 19.2 Å². The van der Waals surface area contributed by atoms with Gasteiger partial charge in [-0.1, -0.05) is 27.7 Å². The molecule has 0 aromatic rings. The van der Waals surface area contributed by atoms with Crippen LogP contribution in [0.1, 0.15) is 60.3 Å². The summed E-state index contributed by atoms with van der Waals surface area (Å²) in [5.41, 5.74) is 0.402. The molecule has 4 nitrogen and oxygen atoms in total. The van der Waals surface area contributed by atoms with Crippen molar-refractivity contribution in [3.05, 3.63) is 0 Å². The summed E-state index contributed by atoms with van der Waals surface area (Å²) in [4.78, 5) is 23.3. The van der Waals surface area contributed by atoms with Crippen LogP contribution in [0.4, 0.5) is 0 Å². The molecule has 116 valence electrons. The van der Waals surface area contributed by atoms with Crippen molar-refractivity contribution in [3.63, 3.8) is 0 Å². The largest absolute Gasteiger partial charge is 0.368 e. The van der Waals surface area contributed by atoms with E-state index < -0.39 is 6.04 Å². The third-order valence-corrected chi connectivity index (χ3v) is 4.16. The summed E-state index contributed by atoms with van der Waals surface area (Å²) in [6, 6.07) is -0.406. The van der Waals surface area contributed by atoms with Gasteiger partial charge in [0.05, 0.1) is 12.1 Å². The lowest BCUT2D eigenvalue weighted by Gasteiger charge is -2.34. The summed E-state index contributed by atoms with van der Waals surface area (Å²) in [5.74, 6) is -0.0940. The Bertz CT molecular complexity index is 340. The van der Waals surface area contributed by atoms with Gasteiger partial charge in [-0.15, -0.1) is 0 Å². The van der Waals surface area contributed by atoms with Gasteiger partial charge >= 0.3 is 0 Å². The lowest BCUT2D eigenvalue weighted by molar-refractivity contribution is -0.133. The van der Waals surface area contributed by atoms with E-state index in [1.165, 1.54) is 6.92 Å². The maximum atomic E-state index is 11.8. The van der Waals surface area contributed by atoms with Crippen molar-refractivity contribution in [2.24, 2.45) is 11.3 Å². The number of carbonyl (C=O) groups is 2. The minimum Gasteiger partial charge on any atom is -0.368 e. The lowest BCUT2D eigenvalue weighted by Crippen LogP contribution is -2.45. The van der Waals surface area contributed by atoms with Crippen LogP contribution >= 0.6 is 0 Å².